The maximum absolute atomic E-state index is 6.12. The number of aromatic nitrogens is 2. The molecule has 0 bridgehead atoms. The van der Waals surface area contributed by atoms with Gasteiger partial charge in [0.05, 0.1) is 7.11 Å². The molecule has 4 N–H and O–H groups in total. The summed E-state index contributed by atoms with van der Waals surface area (Å²) in [5.74, 6) is 1.99. The molecule has 0 aliphatic carbocycles. The Hall–Kier alpha value is -2.50. The molecule has 0 spiro atoms. The minimum atomic E-state index is -0.125. The molecule has 2 aromatic rings. The van der Waals surface area contributed by atoms with E-state index in [2.05, 4.69) is 20.6 Å². The number of anilines is 4. The van der Waals surface area contributed by atoms with E-state index in [0.717, 1.165) is 11.4 Å². The van der Waals surface area contributed by atoms with Crippen molar-refractivity contribution in [3.63, 3.8) is 0 Å². The zero-order valence-electron chi connectivity index (χ0n) is 12.8. The molecular weight excluding hydrogens is 266 g/mol. The second-order valence-electron chi connectivity index (χ2n) is 5.71. The lowest BCUT2D eigenvalue weighted by Crippen LogP contribution is -2.27. The quantitative estimate of drug-likeness (QED) is 0.801. The Balaban J connectivity index is 2.21. The van der Waals surface area contributed by atoms with Crippen molar-refractivity contribution in [3.05, 3.63) is 30.6 Å². The molecule has 1 heterocycles. The van der Waals surface area contributed by atoms with Crippen molar-refractivity contribution in [2.45, 2.75) is 26.3 Å². The van der Waals surface area contributed by atoms with Crippen molar-refractivity contribution < 1.29 is 4.74 Å². The third-order valence-electron chi connectivity index (χ3n) is 2.73. The minimum absolute atomic E-state index is 0.125. The summed E-state index contributed by atoms with van der Waals surface area (Å²) in [6, 6.07) is 7.54. The predicted molar refractivity (Wildman–Crippen MR) is 86.1 cm³/mol. The number of nitrogens with two attached hydrogens (primary N) is 1. The van der Waals surface area contributed by atoms with Crippen molar-refractivity contribution in [1.29, 1.82) is 0 Å². The van der Waals surface area contributed by atoms with Crippen LogP contribution < -0.4 is 21.1 Å². The van der Waals surface area contributed by atoms with E-state index in [1.807, 2.05) is 45.0 Å². The fourth-order valence-corrected chi connectivity index (χ4v) is 1.76. The highest BCUT2D eigenvalue weighted by atomic mass is 16.5. The van der Waals surface area contributed by atoms with Crippen LogP contribution >= 0.6 is 0 Å². The molecule has 0 unspecified atom stereocenters. The third kappa shape index (κ3) is 3.98. The van der Waals surface area contributed by atoms with E-state index in [0.29, 0.717) is 17.3 Å². The number of hydrogen-bond donors (Lipinski definition) is 3. The van der Waals surface area contributed by atoms with Crippen molar-refractivity contribution in [2.24, 2.45) is 0 Å². The molecule has 112 valence electrons. The predicted octanol–water partition coefficient (Wildman–Crippen LogP) is 3.02. The topological polar surface area (TPSA) is 85.1 Å². The van der Waals surface area contributed by atoms with Gasteiger partial charge in [-0.15, -0.1) is 0 Å². The molecule has 0 saturated carbocycles. The Labute approximate surface area is 124 Å². The van der Waals surface area contributed by atoms with Crippen LogP contribution in [0.3, 0.4) is 0 Å². The lowest BCUT2D eigenvalue weighted by Gasteiger charge is -2.22. The van der Waals surface area contributed by atoms with Gasteiger partial charge in [0.1, 0.15) is 17.8 Å². The number of benzene rings is 1. The fraction of sp³-hybridized carbons (Fsp3) is 0.333. The van der Waals surface area contributed by atoms with Crippen molar-refractivity contribution in [3.8, 4) is 5.75 Å². The Kier molecular flexibility index (Phi) is 4.16. The van der Waals surface area contributed by atoms with E-state index in [1.165, 1.54) is 6.33 Å². The molecular formula is C15H21N5O. The van der Waals surface area contributed by atoms with Crippen LogP contribution in [0.2, 0.25) is 0 Å². The van der Waals surface area contributed by atoms with Gasteiger partial charge in [-0.25, -0.2) is 9.97 Å². The highest BCUT2D eigenvalue weighted by Gasteiger charge is 2.15. The smallest absolute Gasteiger partial charge is 0.159 e. The van der Waals surface area contributed by atoms with E-state index < -0.39 is 0 Å². The van der Waals surface area contributed by atoms with E-state index >= 15 is 0 Å². The van der Waals surface area contributed by atoms with Gasteiger partial charge in [0.15, 0.2) is 11.6 Å². The van der Waals surface area contributed by atoms with Crippen LogP contribution in [-0.2, 0) is 0 Å². The van der Waals surface area contributed by atoms with Crippen LogP contribution in [0.25, 0.3) is 0 Å². The van der Waals surface area contributed by atoms with Crippen LogP contribution in [0.4, 0.5) is 23.0 Å². The average Bonchev–Trinajstić information content (AvgIpc) is 2.43. The standard InChI is InChI=1S/C15H21N5O/c1-15(2,3)20-14-12(16)13(17-9-18-14)19-10-5-7-11(21-4)8-6-10/h5-9H,16H2,1-4H3,(H2,17,18,19,20). The Morgan fingerprint density at radius 1 is 1.05 bits per heavy atom. The molecule has 0 radical (unpaired) electrons. The number of ether oxygens (including phenoxy) is 1. The zero-order valence-corrected chi connectivity index (χ0v) is 12.8. The number of hydrogen-bond acceptors (Lipinski definition) is 6. The Morgan fingerprint density at radius 2 is 1.67 bits per heavy atom. The summed E-state index contributed by atoms with van der Waals surface area (Å²) in [6.07, 6.45) is 1.48. The first-order valence-electron chi connectivity index (χ1n) is 6.69. The van der Waals surface area contributed by atoms with Crippen LogP contribution in [-0.4, -0.2) is 22.6 Å². The van der Waals surface area contributed by atoms with Crippen LogP contribution in [0.1, 0.15) is 20.8 Å². The molecule has 6 heteroatoms. The van der Waals surface area contributed by atoms with E-state index in [9.17, 15) is 0 Å². The zero-order chi connectivity index (χ0) is 15.5. The monoisotopic (exact) mass is 287 g/mol. The first kappa shape index (κ1) is 14.9. The second-order valence-corrected chi connectivity index (χ2v) is 5.71. The van der Waals surface area contributed by atoms with Gasteiger partial charge in [0.2, 0.25) is 0 Å². The van der Waals surface area contributed by atoms with Gasteiger partial charge in [0, 0.05) is 11.2 Å². The SMILES string of the molecule is COc1ccc(Nc2ncnc(NC(C)(C)C)c2N)cc1. The van der Waals surface area contributed by atoms with Gasteiger partial charge in [-0.3, -0.25) is 0 Å². The lowest BCUT2D eigenvalue weighted by molar-refractivity contribution is 0.415. The molecule has 0 fully saturated rings. The number of nitrogens with one attached hydrogen (secondary N) is 2. The number of methoxy groups -OCH3 is 1. The molecule has 21 heavy (non-hydrogen) atoms. The van der Waals surface area contributed by atoms with Gasteiger partial charge < -0.3 is 21.1 Å². The molecule has 0 saturated heterocycles. The molecule has 0 amide bonds. The summed E-state index contributed by atoms with van der Waals surface area (Å²) in [5, 5.41) is 6.44. The molecule has 0 atom stereocenters. The normalized spacial score (nSPS) is 11.0. The number of nitrogens with zero attached hydrogens (tertiary/aromatic N) is 2. The lowest BCUT2D eigenvalue weighted by atomic mass is 10.1. The summed E-state index contributed by atoms with van der Waals surface area (Å²) in [5.41, 5.74) is 7.36. The summed E-state index contributed by atoms with van der Waals surface area (Å²) >= 11 is 0. The largest absolute Gasteiger partial charge is 0.497 e. The van der Waals surface area contributed by atoms with Crippen molar-refractivity contribution >= 4 is 23.0 Å². The van der Waals surface area contributed by atoms with Gasteiger partial charge in [-0.2, -0.15) is 0 Å². The average molecular weight is 287 g/mol. The maximum atomic E-state index is 6.12. The summed E-state index contributed by atoms with van der Waals surface area (Å²) in [6.45, 7) is 6.14. The molecule has 6 nitrogen and oxygen atoms in total. The first-order valence-corrected chi connectivity index (χ1v) is 6.69. The van der Waals surface area contributed by atoms with E-state index in [1.54, 1.807) is 7.11 Å². The molecule has 1 aromatic heterocycles. The van der Waals surface area contributed by atoms with Crippen LogP contribution in [0.15, 0.2) is 30.6 Å². The van der Waals surface area contributed by atoms with Crippen molar-refractivity contribution in [2.75, 3.05) is 23.5 Å². The fourth-order valence-electron chi connectivity index (χ4n) is 1.76. The minimum Gasteiger partial charge on any atom is -0.497 e. The third-order valence-corrected chi connectivity index (χ3v) is 2.73. The van der Waals surface area contributed by atoms with Gasteiger partial charge in [0.25, 0.3) is 0 Å². The van der Waals surface area contributed by atoms with E-state index in [-0.39, 0.29) is 5.54 Å². The van der Waals surface area contributed by atoms with Gasteiger partial charge in [-0.1, -0.05) is 0 Å². The summed E-state index contributed by atoms with van der Waals surface area (Å²) in [4.78, 5) is 8.37. The van der Waals surface area contributed by atoms with Gasteiger partial charge in [-0.05, 0) is 45.0 Å². The second kappa shape index (κ2) is 5.87. The molecule has 0 aliphatic rings. The molecule has 2 rings (SSSR count). The molecule has 1 aromatic carbocycles. The number of nitrogen functional groups attached to an aromatic ring is 1. The Morgan fingerprint density at radius 3 is 2.24 bits per heavy atom. The summed E-state index contributed by atoms with van der Waals surface area (Å²) in [7, 11) is 1.63. The molecule has 0 aliphatic heterocycles. The highest BCUT2D eigenvalue weighted by Crippen LogP contribution is 2.28. The number of rotatable bonds is 4. The van der Waals surface area contributed by atoms with Crippen LogP contribution in [0, 0.1) is 0 Å². The van der Waals surface area contributed by atoms with Crippen molar-refractivity contribution in [1.82, 2.24) is 9.97 Å². The maximum Gasteiger partial charge on any atom is 0.159 e. The van der Waals surface area contributed by atoms with Gasteiger partial charge >= 0.3 is 0 Å². The van der Waals surface area contributed by atoms with Crippen LogP contribution in [0.5, 0.6) is 5.75 Å². The highest BCUT2D eigenvalue weighted by molar-refractivity contribution is 5.77. The first-order chi connectivity index (χ1) is 9.89. The van der Waals surface area contributed by atoms with E-state index in [4.69, 9.17) is 10.5 Å². The summed E-state index contributed by atoms with van der Waals surface area (Å²) < 4.78 is 5.13. The Bertz CT molecular complexity index is 604.